The molecule has 0 aliphatic carbocycles. The molecule has 15 nitrogen and oxygen atoms in total. The molecular formula is C55H96O15. The minimum absolute atomic E-state index is 0.0921. The van der Waals surface area contributed by atoms with Gasteiger partial charge >= 0.3 is 11.9 Å². The molecule has 2 aliphatic heterocycles. The van der Waals surface area contributed by atoms with Gasteiger partial charge < -0.3 is 64.2 Å². The van der Waals surface area contributed by atoms with Crippen LogP contribution in [0, 0.1) is 0 Å². The van der Waals surface area contributed by atoms with Crippen LogP contribution in [0.3, 0.4) is 0 Å². The molecule has 7 N–H and O–H groups in total. The van der Waals surface area contributed by atoms with Crippen LogP contribution >= 0.6 is 0 Å². The lowest BCUT2D eigenvalue weighted by molar-refractivity contribution is -0.332. The van der Waals surface area contributed by atoms with Crippen molar-refractivity contribution in [2.75, 3.05) is 26.4 Å². The Hall–Kier alpha value is -2.54. The second kappa shape index (κ2) is 41.9. The second-order valence-corrected chi connectivity index (χ2v) is 19.0. The Morgan fingerprint density at radius 1 is 0.457 bits per heavy atom. The average molecular weight is 997 g/mol. The number of unbranched alkanes of at least 4 members (excludes halogenated alkanes) is 20. The van der Waals surface area contributed by atoms with Crippen LogP contribution in [0.1, 0.15) is 194 Å². The van der Waals surface area contributed by atoms with Gasteiger partial charge in [0.15, 0.2) is 18.7 Å². The lowest BCUT2D eigenvalue weighted by atomic mass is 9.98. The first-order chi connectivity index (χ1) is 34.0. The summed E-state index contributed by atoms with van der Waals surface area (Å²) in [5.41, 5.74) is 0. The Kier molecular flexibility index (Phi) is 38.0. The number of hydrogen-bond donors (Lipinski definition) is 7. The molecule has 2 fully saturated rings. The molecule has 0 aromatic carbocycles. The van der Waals surface area contributed by atoms with E-state index in [1.54, 1.807) is 0 Å². The number of aliphatic hydroxyl groups excluding tert-OH is 7. The molecule has 70 heavy (non-hydrogen) atoms. The Labute approximate surface area is 420 Å². The fourth-order valence-corrected chi connectivity index (χ4v) is 8.30. The number of allylic oxidation sites excluding steroid dienone is 8. The Morgan fingerprint density at radius 3 is 1.33 bits per heavy atom. The molecule has 0 bridgehead atoms. The molecule has 2 rings (SSSR count). The van der Waals surface area contributed by atoms with Crippen LogP contribution in [0.25, 0.3) is 0 Å². The minimum atomic E-state index is -1.78. The van der Waals surface area contributed by atoms with Crippen molar-refractivity contribution in [1.82, 2.24) is 0 Å². The van der Waals surface area contributed by atoms with Gasteiger partial charge in [0.2, 0.25) is 0 Å². The molecule has 0 amide bonds. The van der Waals surface area contributed by atoms with Crippen molar-refractivity contribution in [3.8, 4) is 0 Å². The summed E-state index contributed by atoms with van der Waals surface area (Å²) in [6, 6.07) is 0. The fraction of sp³-hybridized carbons (Fsp3) is 0.818. The first-order valence-corrected chi connectivity index (χ1v) is 27.2. The molecule has 406 valence electrons. The average Bonchev–Trinajstić information content (AvgIpc) is 3.35. The van der Waals surface area contributed by atoms with Gasteiger partial charge in [-0.15, -0.1) is 0 Å². The number of ether oxygens (including phenoxy) is 6. The van der Waals surface area contributed by atoms with Gasteiger partial charge in [-0.3, -0.25) is 9.59 Å². The third-order valence-corrected chi connectivity index (χ3v) is 12.8. The van der Waals surface area contributed by atoms with Crippen molar-refractivity contribution < 1.29 is 73.8 Å². The minimum Gasteiger partial charge on any atom is -0.462 e. The molecule has 0 saturated carbocycles. The molecule has 11 atom stereocenters. The number of carbonyl (C=O) groups excluding carboxylic acids is 2. The number of rotatable bonds is 42. The number of esters is 2. The lowest BCUT2D eigenvalue weighted by Gasteiger charge is -2.42. The fourth-order valence-electron chi connectivity index (χ4n) is 8.30. The van der Waals surface area contributed by atoms with Gasteiger partial charge in [0.1, 0.15) is 55.4 Å². The van der Waals surface area contributed by atoms with Crippen molar-refractivity contribution in [3.63, 3.8) is 0 Å². The van der Waals surface area contributed by atoms with Crippen LogP contribution in [0.5, 0.6) is 0 Å². The Morgan fingerprint density at radius 2 is 0.857 bits per heavy atom. The van der Waals surface area contributed by atoms with E-state index < -0.39 is 99.3 Å². The lowest BCUT2D eigenvalue weighted by Crippen LogP contribution is -2.61. The maximum atomic E-state index is 13.0. The monoisotopic (exact) mass is 997 g/mol. The Bertz CT molecular complexity index is 1400. The largest absolute Gasteiger partial charge is 0.462 e. The van der Waals surface area contributed by atoms with Crippen molar-refractivity contribution in [3.05, 3.63) is 48.6 Å². The first-order valence-electron chi connectivity index (χ1n) is 27.2. The zero-order chi connectivity index (χ0) is 51.0. The van der Waals surface area contributed by atoms with Crippen LogP contribution in [-0.2, 0) is 38.0 Å². The van der Waals surface area contributed by atoms with Crippen LogP contribution in [-0.4, -0.2) is 142 Å². The molecule has 0 radical (unpaired) electrons. The van der Waals surface area contributed by atoms with E-state index in [0.717, 1.165) is 25.7 Å². The molecule has 2 saturated heterocycles. The maximum Gasteiger partial charge on any atom is 0.306 e. The SMILES string of the molecule is CCCCCCCCCCC/C=C/C/C=C/CCCC(=O)OC[C@@H](CO[C@@H]1O[C@H](CO[C@@H]2O[C@H](CO)[C@H](O)C(O)C2O)[C@H](O)C(O)C1O)OC(=O)CCC/C=C/C/C=C/CCCCCCCCCCC. The highest BCUT2D eigenvalue weighted by atomic mass is 16.7. The smallest absolute Gasteiger partial charge is 0.306 e. The number of carbonyl (C=O) groups is 2. The first kappa shape index (κ1) is 63.6. The highest BCUT2D eigenvalue weighted by molar-refractivity contribution is 5.70. The van der Waals surface area contributed by atoms with Gasteiger partial charge in [-0.25, -0.2) is 0 Å². The molecular weight excluding hydrogens is 901 g/mol. The standard InChI is InChI=1S/C55H96O15/c1-3-5-7-9-11-13-15-17-19-21-23-25-27-29-31-33-35-37-46(57)65-40-43(68-47(58)38-36-34-32-30-28-26-24-22-20-18-16-14-12-10-8-6-4-2)41-66-54-53(64)51(62)49(60)45(70-54)42-67-55-52(63)50(61)48(59)44(39-56)69-55/h23-26,29-32,43-45,48-56,59-64H,3-22,27-28,33-42H2,1-2H3/b25-23+,26-24+,31-29+,32-30+/t43-,44+,45+,48-,49-,50?,51?,52?,53?,54+,55+/m0/s1. The summed E-state index contributed by atoms with van der Waals surface area (Å²) >= 11 is 0. The van der Waals surface area contributed by atoms with Gasteiger partial charge in [0.25, 0.3) is 0 Å². The number of aliphatic hydroxyl groups is 7. The van der Waals surface area contributed by atoms with E-state index >= 15 is 0 Å². The summed E-state index contributed by atoms with van der Waals surface area (Å²) in [4.78, 5) is 25.8. The summed E-state index contributed by atoms with van der Waals surface area (Å²) in [7, 11) is 0. The maximum absolute atomic E-state index is 13.0. The topological polar surface area (TPSA) is 231 Å². The molecule has 15 heteroatoms. The molecule has 0 aromatic heterocycles. The molecule has 0 aromatic rings. The third kappa shape index (κ3) is 29.2. The van der Waals surface area contributed by atoms with E-state index in [4.69, 9.17) is 28.4 Å². The van der Waals surface area contributed by atoms with Crippen molar-refractivity contribution in [2.24, 2.45) is 0 Å². The normalized spacial score (nSPS) is 25.7. The Balaban J connectivity index is 1.83. The van der Waals surface area contributed by atoms with Gasteiger partial charge in [-0.05, 0) is 64.2 Å². The van der Waals surface area contributed by atoms with E-state index in [2.05, 4.69) is 50.3 Å². The second-order valence-electron chi connectivity index (χ2n) is 19.0. The van der Waals surface area contributed by atoms with E-state index in [-0.39, 0.29) is 19.4 Å². The predicted molar refractivity (Wildman–Crippen MR) is 270 cm³/mol. The van der Waals surface area contributed by atoms with Crippen LogP contribution in [0.4, 0.5) is 0 Å². The zero-order valence-electron chi connectivity index (χ0n) is 43.0. The highest BCUT2D eigenvalue weighted by Gasteiger charge is 2.47. The summed E-state index contributed by atoms with van der Waals surface area (Å²) in [6.07, 6.45) is 30.1. The highest BCUT2D eigenvalue weighted by Crippen LogP contribution is 2.26. The number of hydrogen-bond acceptors (Lipinski definition) is 15. The third-order valence-electron chi connectivity index (χ3n) is 12.8. The van der Waals surface area contributed by atoms with E-state index in [9.17, 15) is 45.3 Å². The summed E-state index contributed by atoms with van der Waals surface area (Å²) in [5.74, 6) is -1.03. The zero-order valence-corrected chi connectivity index (χ0v) is 43.0. The summed E-state index contributed by atoms with van der Waals surface area (Å²) < 4.78 is 33.5. The van der Waals surface area contributed by atoms with Crippen LogP contribution in [0.15, 0.2) is 48.6 Å². The molecule has 2 aliphatic rings. The van der Waals surface area contributed by atoms with Crippen molar-refractivity contribution >= 4 is 11.9 Å². The quantitative estimate of drug-likeness (QED) is 0.0173. The molecule has 2 heterocycles. The van der Waals surface area contributed by atoms with Gasteiger partial charge in [-0.1, -0.05) is 165 Å². The van der Waals surface area contributed by atoms with Crippen molar-refractivity contribution in [2.45, 2.75) is 261 Å². The molecule has 0 spiro atoms. The van der Waals surface area contributed by atoms with Gasteiger partial charge in [0.05, 0.1) is 19.8 Å². The molecule has 4 unspecified atom stereocenters. The summed E-state index contributed by atoms with van der Waals surface area (Å²) in [6.45, 7) is 2.51. The van der Waals surface area contributed by atoms with Gasteiger partial charge in [-0.2, -0.15) is 0 Å². The van der Waals surface area contributed by atoms with Crippen LogP contribution in [0.2, 0.25) is 0 Å². The van der Waals surface area contributed by atoms with E-state index in [1.807, 2.05) is 12.2 Å². The predicted octanol–water partition coefficient (Wildman–Crippen LogP) is 8.27. The van der Waals surface area contributed by atoms with Crippen molar-refractivity contribution in [1.29, 1.82) is 0 Å². The van der Waals surface area contributed by atoms with E-state index in [1.165, 1.54) is 116 Å². The summed E-state index contributed by atoms with van der Waals surface area (Å²) in [5, 5.41) is 72.1. The van der Waals surface area contributed by atoms with E-state index in [0.29, 0.717) is 25.7 Å². The van der Waals surface area contributed by atoms with Crippen LogP contribution < -0.4 is 0 Å². The van der Waals surface area contributed by atoms with Gasteiger partial charge in [0, 0.05) is 12.8 Å².